The van der Waals surface area contributed by atoms with Gasteiger partial charge < -0.3 is 14.8 Å². The summed E-state index contributed by atoms with van der Waals surface area (Å²) >= 11 is 1.83. The molecule has 0 amide bonds. The maximum Gasteiger partial charge on any atom is 0.161 e. The second-order valence-corrected chi connectivity index (χ2v) is 6.59. The summed E-state index contributed by atoms with van der Waals surface area (Å²) in [7, 11) is 3.33. The van der Waals surface area contributed by atoms with Crippen LogP contribution in [-0.4, -0.2) is 31.2 Å². The molecule has 1 fully saturated rings. The van der Waals surface area contributed by atoms with Gasteiger partial charge in [0.05, 0.1) is 20.3 Å². The van der Waals surface area contributed by atoms with Crippen LogP contribution in [0.25, 0.3) is 0 Å². The van der Waals surface area contributed by atoms with E-state index in [1.54, 1.807) is 14.2 Å². The van der Waals surface area contributed by atoms with Gasteiger partial charge in [0, 0.05) is 29.6 Å². The smallest absolute Gasteiger partial charge is 0.161 e. The summed E-state index contributed by atoms with van der Waals surface area (Å²) in [5, 5.41) is 4.44. The van der Waals surface area contributed by atoms with Gasteiger partial charge >= 0.3 is 0 Å². The fraction of sp³-hybridized carbons (Fsp3) is 0.562. The summed E-state index contributed by atoms with van der Waals surface area (Å²) in [4.78, 5) is 4.90. The van der Waals surface area contributed by atoms with Crippen LogP contribution in [0.3, 0.4) is 0 Å². The van der Waals surface area contributed by atoms with E-state index in [-0.39, 0.29) is 0 Å². The number of nitrogens with zero attached hydrogens (tertiary/aromatic N) is 1. The van der Waals surface area contributed by atoms with Crippen molar-refractivity contribution in [2.24, 2.45) is 10.9 Å². The molecule has 21 heavy (non-hydrogen) atoms. The lowest BCUT2D eigenvalue weighted by Crippen LogP contribution is -2.31. The van der Waals surface area contributed by atoms with Gasteiger partial charge in [-0.1, -0.05) is 24.6 Å². The highest BCUT2D eigenvalue weighted by Gasteiger charge is 2.29. The van der Waals surface area contributed by atoms with Crippen LogP contribution < -0.4 is 14.8 Å². The third-order valence-electron chi connectivity index (χ3n) is 4.19. The van der Waals surface area contributed by atoms with E-state index in [1.807, 2.05) is 30.0 Å². The molecule has 0 saturated heterocycles. The quantitative estimate of drug-likeness (QED) is 0.923. The Bertz CT molecular complexity index is 511. The molecule has 1 aromatic rings. The largest absolute Gasteiger partial charge is 0.497 e. The minimum Gasteiger partial charge on any atom is -0.497 e. The Balaban J connectivity index is 1.75. The van der Waals surface area contributed by atoms with E-state index in [2.05, 4.69) is 5.32 Å². The van der Waals surface area contributed by atoms with E-state index in [0.717, 1.165) is 28.3 Å². The van der Waals surface area contributed by atoms with Crippen LogP contribution in [-0.2, 0) is 0 Å². The van der Waals surface area contributed by atoms with Crippen LogP contribution in [0.4, 0.5) is 5.69 Å². The number of aliphatic imine (C=N–C) groups is 1. The molecule has 1 saturated carbocycles. The highest BCUT2D eigenvalue weighted by molar-refractivity contribution is 8.14. The zero-order chi connectivity index (χ0) is 14.7. The first-order chi connectivity index (χ1) is 10.3. The Morgan fingerprint density at radius 3 is 2.52 bits per heavy atom. The van der Waals surface area contributed by atoms with Crippen LogP contribution in [0.1, 0.15) is 25.7 Å². The molecular formula is C16H22N2O2S. The van der Waals surface area contributed by atoms with Crippen molar-refractivity contribution < 1.29 is 9.47 Å². The Morgan fingerprint density at radius 2 is 1.81 bits per heavy atom. The standard InChI is InChI=1S/C16H22N2O2S/c1-19-13-7-12(8-14(9-13)20-2)17-16-18-15-6-4-3-5-11(15)10-21-16/h7-9,11,15H,3-6,10H2,1-2H3,(H,17,18). The molecule has 1 aliphatic heterocycles. The Kier molecular flexibility index (Phi) is 4.58. The molecule has 2 unspecified atom stereocenters. The van der Waals surface area contributed by atoms with Gasteiger partial charge in [-0.25, -0.2) is 0 Å². The van der Waals surface area contributed by atoms with E-state index in [0.29, 0.717) is 6.04 Å². The summed E-state index contributed by atoms with van der Waals surface area (Å²) in [6.45, 7) is 0. The normalized spacial score (nSPS) is 24.8. The second kappa shape index (κ2) is 6.60. The molecule has 1 N–H and O–H groups in total. The van der Waals surface area contributed by atoms with Crippen LogP contribution in [0.5, 0.6) is 11.5 Å². The minimum atomic E-state index is 0.509. The van der Waals surface area contributed by atoms with Gasteiger partial charge in [0.2, 0.25) is 0 Å². The second-order valence-electron chi connectivity index (χ2n) is 5.58. The molecule has 2 aliphatic rings. The predicted octanol–water partition coefficient (Wildman–Crippen LogP) is 3.78. The maximum atomic E-state index is 5.31. The Labute approximate surface area is 130 Å². The molecule has 0 spiro atoms. The lowest BCUT2D eigenvalue weighted by Gasteiger charge is -2.32. The van der Waals surface area contributed by atoms with Crippen molar-refractivity contribution in [3.05, 3.63) is 18.2 Å². The lowest BCUT2D eigenvalue weighted by atomic mass is 9.86. The molecule has 114 valence electrons. The SMILES string of the molecule is COc1cc(NC2=NC3CCCCC3CS2)cc(OC)c1. The summed E-state index contributed by atoms with van der Waals surface area (Å²) in [5.41, 5.74) is 0.965. The van der Waals surface area contributed by atoms with E-state index in [4.69, 9.17) is 14.5 Å². The minimum absolute atomic E-state index is 0.509. The number of hydrogen-bond acceptors (Lipinski definition) is 5. The summed E-state index contributed by atoms with van der Waals surface area (Å²) in [5.74, 6) is 3.52. The van der Waals surface area contributed by atoms with Crippen molar-refractivity contribution in [2.75, 3.05) is 25.3 Å². The number of fused-ring (bicyclic) bond motifs is 1. The number of benzene rings is 1. The zero-order valence-corrected chi connectivity index (χ0v) is 13.4. The first-order valence-electron chi connectivity index (χ1n) is 7.49. The van der Waals surface area contributed by atoms with Gasteiger partial charge in [-0.15, -0.1) is 0 Å². The number of amidine groups is 1. The van der Waals surface area contributed by atoms with Crippen LogP contribution >= 0.6 is 11.8 Å². The third-order valence-corrected chi connectivity index (χ3v) is 5.26. The van der Waals surface area contributed by atoms with Gasteiger partial charge in [-0.2, -0.15) is 0 Å². The van der Waals surface area contributed by atoms with Crippen molar-refractivity contribution in [2.45, 2.75) is 31.7 Å². The third kappa shape index (κ3) is 3.46. The fourth-order valence-corrected chi connectivity index (χ4v) is 4.16. The molecule has 3 rings (SSSR count). The highest BCUT2D eigenvalue weighted by Crippen LogP contribution is 2.35. The summed E-state index contributed by atoms with van der Waals surface area (Å²) in [6.07, 6.45) is 5.25. The molecule has 5 heteroatoms. The highest BCUT2D eigenvalue weighted by atomic mass is 32.2. The van der Waals surface area contributed by atoms with Crippen molar-refractivity contribution >= 4 is 22.6 Å². The van der Waals surface area contributed by atoms with Crippen molar-refractivity contribution in [3.8, 4) is 11.5 Å². The molecular weight excluding hydrogens is 284 g/mol. The molecule has 2 atom stereocenters. The van der Waals surface area contributed by atoms with Crippen LogP contribution in [0, 0.1) is 5.92 Å². The molecule has 1 aromatic carbocycles. The number of anilines is 1. The molecule has 4 nitrogen and oxygen atoms in total. The van der Waals surface area contributed by atoms with E-state index in [1.165, 1.54) is 31.4 Å². The van der Waals surface area contributed by atoms with Gasteiger partial charge in [0.15, 0.2) is 5.17 Å². The van der Waals surface area contributed by atoms with E-state index >= 15 is 0 Å². The maximum absolute atomic E-state index is 5.31. The Hall–Kier alpha value is -1.36. The molecule has 1 aliphatic carbocycles. The van der Waals surface area contributed by atoms with Gasteiger partial charge in [-0.3, -0.25) is 4.99 Å². The molecule has 0 radical (unpaired) electrons. The van der Waals surface area contributed by atoms with Gasteiger partial charge in [0.1, 0.15) is 11.5 Å². The predicted molar refractivity (Wildman–Crippen MR) is 88.8 cm³/mol. The van der Waals surface area contributed by atoms with E-state index < -0.39 is 0 Å². The number of nitrogens with one attached hydrogen (secondary N) is 1. The van der Waals surface area contributed by atoms with Gasteiger partial charge in [-0.05, 0) is 18.8 Å². The molecule has 0 aromatic heterocycles. The van der Waals surface area contributed by atoms with Crippen LogP contribution in [0.15, 0.2) is 23.2 Å². The first kappa shape index (κ1) is 14.6. The Morgan fingerprint density at radius 1 is 1.10 bits per heavy atom. The number of rotatable bonds is 3. The number of hydrogen-bond donors (Lipinski definition) is 1. The molecule has 0 bridgehead atoms. The first-order valence-corrected chi connectivity index (χ1v) is 8.48. The zero-order valence-electron chi connectivity index (χ0n) is 12.6. The lowest BCUT2D eigenvalue weighted by molar-refractivity contribution is 0.336. The topological polar surface area (TPSA) is 42.8 Å². The average molecular weight is 306 g/mol. The van der Waals surface area contributed by atoms with Crippen molar-refractivity contribution in [3.63, 3.8) is 0 Å². The van der Waals surface area contributed by atoms with Crippen molar-refractivity contribution in [1.82, 2.24) is 0 Å². The van der Waals surface area contributed by atoms with Gasteiger partial charge in [0.25, 0.3) is 0 Å². The van der Waals surface area contributed by atoms with Crippen LogP contribution in [0.2, 0.25) is 0 Å². The molecule has 1 heterocycles. The monoisotopic (exact) mass is 306 g/mol. The summed E-state index contributed by atoms with van der Waals surface area (Å²) < 4.78 is 10.6. The summed E-state index contributed by atoms with van der Waals surface area (Å²) in [6, 6.07) is 6.32. The van der Waals surface area contributed by atoms with E-state index in [9.17, 15) is 0 Å². The number of ether oxygens (including phenoxy) is 2. The van der Waals surface area contributed by atoms with Crippen molar-refractivity contribution in [1.29, 1.82) is 0 Å². The number of methoxy groups -OCH3 is 2. The average Bonchev–Trinajstić information content (AvgIpc) is 2.54. The fourth-order valence-electron chi connectivity index (χ4n) is 3.00. The number of thioether (sulfide) groups is 1.